The molecular weight excluding hydrogens is 925 g/mol. The molecule has 3 N–H and O–H groups in total. The third-order valence-corrected chi connectivity index (χ3v) is 12.1. The van der Waals surface area contributed by atoms with Crippen LogP contribution in [0.4, 0.5) is 0 Å². The van der Waals surface area contributed by atoms with Crippen LogP contribution in [0.3, 0.4) is 0 Å². The Morgan fingerprint density at radius 1 is 0.466 bits per heavy atom. The van der Waals surface area contributed by atoms with Gasteiger partial charge in [-0.3, -0.25) is 14.4 Å². The van der Waals surface area contributed by atoms with E-state index in [1.54, 1.807) is 0 Å². The lowest BCUT2D eigenvalue weighted by atomic mass is 9.98. The third-order valence-electron chi connectivity index (χ3n) is 12.1. The summed E-state index contributed by atoms with van der Waals surface area (Å²) < 4.78 is 28.3. The number of allylic oxidation sites excluding steroid dienone is 16. The molecule has 0 radical (unpaired) electrons. The van der Waals surface area contributed by atoms with E-state index in [0.29, 0.717) is 19.3 Å². The van der Waals surface area contributed by atoms with Crippen LogP contribution >= 0.6 is 0 Å². The molecule has 6 unspecified atom stereocenters. The molecule has 0 bridgehead atoms. The van der Waals surface area contributed by atoms with Gasteiger partial charge in [0, 0.05) is 19.3 Å². The fourth-order valence-electron chi connectivity index (χ4n) is 7.84. The van der Waals surface area contributed by atoms with Crippen LogP contribution in [0.5, 0.6) is 0 Å². The topological polar surface area (TPSA) is 175 Å². The summed E-state index contributed by atoms with van der Waals surface area (Å²) in [7, 11) is 0. The molecule has 0 amide bonds. The molecule has 1 rings (SSSR count). The van der Waals surface area contributed by atoms with Crippen molar-refractivity contribution >= 4 is 23.9 Å². The van der Waals surface area contributed by atoms with Crippen LogP contribution in [-0.4, -0.2) is 89.2 Å². The molecule has 0 saturated carbocycles. The summed E-state index contributed by atoms with van der Waals surface area (Å²) in [5, 5.41) is 31.4. The van der Waals surface area contributed by atoms with E-state index >= 15 is 0 Å². The predicted molar refractivity (Wildman–Crippen MR) is 294 cm³/mol. The molecule has 1 heterocycles. The Morgan fingerprint density at radius 3 is 1.33 bits per heavy atom. The first kappa shape index (κ1) is 66.7. The maximum atomic E-state index is 13.1. The normalized spacial score (nSPS) is 19.1. The average Bonchev–Trinajstić information content (AvgIpc) is 3.37. The molecule has 12 heteroatoms. The molecule has 414 valence electrons. The number of carboxylic acid groups (broad SMARTS) is 1. The Labute approximate surface area is 441 Å². The molecule has 1 aliphatic rings. The molecule has 1 fully saturated rings. The van der Waals surface area contributed by atoms with Crippen molar-refractivity contribution in [3.05, 3.63) is 97.2 Å². The van der Waals surface area contributed by atoms with Gasteiger partial charge >= 0.3 is 23.9 Å². The van der Waals surface area contributed by atoms with Gasteiger partial charge in [-0.15, -0.1) is 0 Å². The van der Waals surface area contributed by atoms with Crippen molar-refractivity contribution in [2.45, 2.75) is 250 Å². The summed E-state index contributed by atoms with van der Waals surface area (Å²) in [6.07, 6.45) is 51.0. The Bertz CT molecular complexity index is 1640. The second-order valence-corrected chi connectivity index (χ2v) is 18.8. The summed E-state index contributed by atoms with van der Waals surface area (Å²) in [5.74, 6) is -3.22. The number of rotatable bonds is 46. The lowest BCUT2D eigenvalue weighted by Crippen LogP contribution is -2.61. The molecule has 0 aromatic carbocycles. The fraction of sp³-hybridized carbons (Fsp3) is 0.672. The molecule has 1 saturated heterocycles. The zero-order chi connectivity index (χ0) is 53.3. The number of aliphatic hydroxyl groups is 2. The molecule has 0 aromatic rings. The standard InChI is InChI=1S/C61H98O12/c1-4-7-10-13-16-19-22-25-26-27-28-31-32-35-38-41-44-47-53(62)69-50-52(71-54(63)48-45-42-39-36-33-29-23-20-17-14-11-8-5-2)51-70-61-59(57(66)56(65)58(73-61)60(67)68)72-55(64)49-46-43-40-37-34-30-24-21-18-15-12-9-6-3/h8-9,11-12,16-21,25-26,29-30,33-34,52,56-59,61,65-66H,4-7,10,13-15,22-24,27-28,31-32,35-51H2,1-3H3,(H,67,68)/b11-8-,12-9-,19-16-,20-17-,21-18-,26-25-,33-29-,34-30-. The van der Waals surface area contributed by atoms with Crippen molar-refractivity contribution in [1.82, 2.24) is 0 Å². The summed E-state index contributed by atoms with van der Waals surface area (Å²) in [6, 6.07) is 0. The number of unbranched alkanes of at least 4 members (excludes halogenated alkanes) is 16. The number of aliphatic hydroxyl groups excluding tert-OH is 2. The summed E-state index contributed by atoms with van der Waals surface area (Å²) in [4.78, 5) is 51.0. The quantitative estimate of drug-likeness (QED) is 0.0228. The zero-order valence-corrected chi connectivity index (χ0v) is 45.3. The van der Waals surface area contributed by atoms with Crippen LogP contribution in [0, 0.1) is 0 Å². The largest absolute Gasteiger partial charge is 0.479 e. The van der Waals surface area contributed by atoms with Crippen LogP contribution in [0.15, 0.2) is 97.2 Å². The van der Waals surface area contributed by atoms with Gasteiger partial charge in [0.2, 0.25) is 0 Å². The summed E-state index contributed by atoms with van der Waals surface area (Å²) >= 11 is 0. The van der Waals surface area contributed by atoms with E-state index in [2.05, 4.69) is 118 Å². The number of carboxylic acids is 1. The number of esters is 3. The first-order valence-electron chi connectivity index (χ1n) is 28.2. The van der Waals surface area contributed by atoms with E-state index in [4.69, 9.17) is 23.7 Å². The van der Waals surface area contributed by atoms with E-state index < -0.39 is 67.3 Å². The average molecular weight is 1020 g/mol. The van der Waals surface area contributed by atoms with Gasteiger partial charge in [0.1, 0.15) is 18.8 Å². The van der Waals surface area contributed by atoms with Gasteiger partial charge in [0.15, 0.2) is 24.6 Å². The predicted octanol–water partition coefficient (Wildman–Crippen LogP) is 14.1. The van der Waals surface area contributed by atoms with E-state index in [0.717, 1.165) is 116 Å². The van der Waals surface area contributed by atoms with E-state index in [1.807, 2.05) is 0 Å². The van der Waals surface area contributed by atoms with Crippen molar-refractivity contribution < 1.29 is 58.2 Å². The van der Waals surface area contributed by atoms with Gasteiger partial charge in [-0.25, -0.2) is 4.79 Å². The number of hydrogen-bond donors (Lipinski definition) is 3. The van der Waals surface area contributed by atoms with Crippen LogP contribution < -0.4 is 0 Å². The number of aliphatic carboxylic acids is 1. The molecule has 0 aromatic heterocycles. The van der Waals surface area contributed by atoms with Crippen LogP contribution in [-0.2, 0) is 42.9 Å². The van der Waals surface area contributed by atoms with Crippen molar-refractivity contribution in [3.63, 3.8) is 0 Å². The third kappa shape index (κ3) is 38.8. The van der Waals surface area contributed by atoms with Gasteiger partial charge in [0.05, 0.1) is 6.61 Å². The minimum atomic E-state index is -1.92. The van der Waals surface area contributed by atoms with Crippen LogP contribution in [0.1, 0.15) is 213 Å². The fourth-order valence-corrected chi connectivity index (χ4v) is 7.84. The Morgan fingerprint density at radius 2 is 0.863 bits per heavy atom. The van der Waals surface area contributed by atoms with E-state index in [1.165, 1.54) is 38.5 Å². The smallest absolute Gasteiger partial charge is 0.335 e. The first-order valence-corrected chi connectivity index (χ1v) is 28.2. The Hall–Kier alpha value is -4.36. The number of carbonyl (C=O) groups is 4. The highest BCUT2D eigenvalue weighted by Crippen LogP contribution is 2.26. The Balaban J connectivity index is 2.74. The molecule has 73 heavy (non-hydrogen) atoms. The highest BCUT2D eigenvalue weighted by Gasteiger charge is 2.50. The maximum Gasteiger partial charge on any atom is 0.335 e. The van der Waals surface area contributed by atoms with E-state index in [9.17, 15) is 34.5 Å². The highest BCUT2D eigenvalue weighted by atomic mass is 16.7. The first-order chi connectivity index (χ1) is 35.6. The van der Waals surface area contributed by atoms with Gasteiger partial charge in [0.25, 0.3) is 0 Å². The number of hydrogen-bond acceptors (Lipinski definition) is 11. The minimum absolute atomic E-state index is 0.0166. The second kappa shape index (κ2) is 48.6. The van der Waals surface area contributed by atoms with Crippen LogP contribution in [0.25, 0.3) is 0 Å². The molecule has 1 aliphatic heterocycles. The highest BCUT2D eigenvalue weighted by molar-refractivity contribution is 5.74. The summed E-state index contributed by atoms with van der Waals surface area (Å²) in [6.45, 7) is 5.67. The van der Waals surface area contributed by atoms with Gasteiger partial charge in [-0.05, 0) is 116 Å². The molecular formula is C61H98O12. The Kier molecular flexibility index (Phi) is 44.4. The van der Waals surface area contributed by atoms with Crippen molar-refractivity contribution in [1.29, 1.82) is 0 Å². The molecule has 0 spiro atoms. The summed E-state index contributed by atoms with van der Waals surface area (Å²) in [5.41, 5.74) is 0. The van der Waals surface area contributed by atoms with E-state index in [-0.39, 0.29) is 25.9 Å². The van der Waals surface area contributed by atoms with Crippen molar-refractivity contribution in [2.24, 2.45) is 0 Å². The minimum Gasteiger partial charge on any atom is -0.479 e. The number of ether oxygens (including phenoxy) is 5. The SMILES string of the molecule is CC/C=C\C/C=C\C/C=C\CCCCCC(=O)OC(COC(=O)CCCCCCCCC/C=C\C/C=C\CCCCC)COC1OC(C(=O)O)C(O)C(O)C1OC(=O)CCCCC/C=C\C/C=C\C/C=C\CC. The van der Waals surface area contributed by atoms with Gasteiger partial charge in [-0.2, -0.15) is 0 Å². The maximum absolute atomic E-state index is 13.1. The van der Waals surface area contributed by atoms with Crippen molar-refractivity contribution in [3.8, 4) is 0 Å². The molecule has 0 aliphatic carbocycles. The monoisotopic (exact) mass is 1020 g/mol. The van der Waals surface area contributed by atoms with Gasteiger partial charge < -0.3 is 39.0 Å². The van der Waals surface area contributed by atoms with Gasteiger partial charge in [-0.1, -0.05) is 176 Å². The second-order valence-electron chi connectivity index (χ2n) is 18.8. The zero-order valence-electron chi connectivity index (χ0n) is 45.3. The molecule has 12 nitrogen and oxygen atoms in total. The lowest BCUT2D eigenvalue weighted by molar-refractivity contribution is -0.301. The number of carbonyl (C=O) groups excluding carboxylic acids is 3. The van der Waals surface area contributed by atoms with Crippen LogP contribution in [0.2, 0.25) is 0 Å². The molecule has 6 atom stereocenters. The lowest BCUT2D eigenvalue weighted by Gasteiger charge is -2.40. The van der Waals surface area contributed by atoms with Crippen molar-refractivity contribution in [2.75, 3.05) is 13.2 Å².